The molecular formula is C12H20N4O2S. The van der Waals surface area contributed by atoms with Crippen LogP contribution in [0.15, 0.2) is 6.07 Å². The minimum Gasteiger partial charge on any atom is -0.373 e. The molecule has 2 rings (SSSR count). The first-order valence-corrected chi connectivity index (χ1v) is 8.15. The van der Waals surface area contributed by atoms with E-state index in [1.54, 1.807) is 0 Å². The lowest BCUT2D eigenvalue weighted by Gasteiger charge is -2.22. The van der Waals surface area contributed by atoms with Crippen molar-refractivity contribution in [3.8, 4) is 0 Å². The molecule has 1 saturated heterocycles. The predicted molar refractivity (Wildman–Crippen MR) is 74.8 cm³/mol. The molecule has 0 radical (unpaired) electrons. The molecule has 0 bridgehead atoms. The van der Waals surface area contributed by atoms with Crippen molar-refractivity contribution in [1.82, 2.24) is 14.9 Å². The van der Waals surface area contributed by atoms with Gasteiger partial charge in [-0.05, 0) is 20.4 Å². The zero-order valence-corrected chi connectivity index (χ0v) is 12.4. The molecule has 0 saturated carbocycles. The lowest BCUT2D eigenvalue weighted by atomic mass is 10.2. The van der Waals surface area contributed by atoms with Crippen LogP contribution >= 0.6 is 0 Å². The Hall–Kier alpha value is -1.21. The molecule has 0 aromatic carbocycles. The maximum atomic E-state index is 11.5. The molecule has 7 heteroatoms. The molecule has 0 amide bonds. The highest BCUT2D eigenvalue weighted by atomic mass is 32.2. The van der Waals surface area contributed by atoms with Gasteiger partial charge in [0.2, 0.25) is 0 Å². The second-order valence-electron chi connectivity index (χ2n) is 5.03. The van der Waals surface area contributed by atoms with Crippen molar-refractivity contribution in [3.63, 3.8) is 0 Å². The van der Waals surface area contributed by atoms with Gasteiger partial charge in [-0.3, -0.25) is 4.90 Å². The molecule has 0 aliphatic carbocycles. The Morgan fingerprint density at radius 2 is 2.21 bits per heavy atom. The van der Waals surface area contributed by atoms with E-state index < -0.39 is 9.84 Å². The summed E-state index contributed by atoms with van der Waals surface area (Å²) in [5.41, 5.74) is 0.904. The van der Waals surface area contributed by atoms with E-state index >= 15 is 0 Å². The first-order valence-electron chi connectivity index (χ1n) is 6.32. The number of aryl methyl sites for hydroxylation is 1. The molecule has 1 aromatic heterocycles. The van der Waals surface area contributed by atoms with Crippen LogP contribution in [0.3, 0.4) is 0 Å². The van der Waals surface area contributed by atoms with E-state index in [-0.39, 0.29) is 11.8 Å². The summed E-state index contributed by atoms with van der Waals surface area (Å²) in [6, 6.07) is 1.95. The van der Waals surface area contributed by atoms with Crippen LogP contribution < -0.4 is 5.32 Å². The number of hydrogen-bond acceptors (Lipinski definition) is 6. The lowest BCUT2D eigenvalue weighted by molar-refractivity contribution is 0.248. The van der Waals surface area contributed by atoms with Gasteiger partial charge in [-0.1, -0.05) is 0 Å². The molecule has 1 aromatic rings. The fourth-order valence-corrected chi connectivity index (χ4v) is 4.11. The van der Waals surface area contributed by atoms with Crippen molar-refractivity contribution in [3.05, 3.63) is 17.6 Å². The number of sulfone groups is 1. The van der Waals surface area contributed by atoms with Crippen LogP contribution in [-0.2, 0) is 16.4 Å². The third-order valence-electron chi connectivity index (χ3n) is 3.38. The lowest BCUT2D eigenvalue weighted by Crippen LogP contribution is -2.32. The molecule has 2 heterocycles. The van der Waals surface area contributed by atoms with Crippen LogP contribution in [0.5, 0.6) is 0 Å². The summed E-state index contributed by atoms with van der Waals surface area (Å²) in [5.74, 6) is 2.04. The smallest absolute Gasteiger partial charge is 0.151 e. The van der Waals surface area contributed by atoms with Gasteiger partial charge in [-0.15, -0.1) is 0 Å². The van der Waals surface area contributed by atoms with E-state index in [1.807, 2.05) is 32.0 Å². The van der Waals surface area contributed by atoms with Crippen LogP contribution in [0.4, 0.5) is 5.82 Å². The minimum atomic E-state index is -2.85. The fourth-order valence-electron chi connectivity index (χ4n) is 2.30. The number of nitrogens with one attached hydrogen (secondary N) is 1. The summed E-state index contributed by atoms with van der Waals surface area (Å²) in [6.07, 6.45) is 0.698. The SMILES string of the molecule is CNc1cc(C)nc(CN(C)C2CCS(=O)(=O)C2)n1. The quantitative estimate of drug-likeness (QED) is 0.865. The van der Waals surface area contributed by atoms with Crippen molar-refractivity contribution in [2.24, 2.45) is 0 Å². The molecule has 1 unspecified atom stereocenters. The fraction of sp³-hybridized carbons (Fsp3) is 0.667. The maximum absolute atomic E-state index is 11.5. The van der Waals surface area contributed by atoms with Gasteiger partial charge in [0.15, 0.2) is 9.84 Å². The Morgan fingerprint density at radius 1 is 1.47 bits per heavy atom. The molecule has 19 heavy (non-hydrogen) atoms. The summed E-state index contributed by atoms with van der Waals surface area (Å²) in [4.78, 5) is 10.8. The second-order valence-corrected chi connectivity index (χ2v) is 7.26. The Morgan fingerprint density at radius 3 is 2.79 bits per heavy atom. The first-order chi connectivity index (χ1) is 8.89. The molecule has 6 nitrogen and oxygen atoms in total. The highest BCUT2D eigenvalue weighted by Gasteiger charge is 2.30. The minimum absolute atomic E-state index is 0.0761. The van der Waals surface area contributed by atoms with Gasteiger partial charge in [0.1, 0.15) is 11.6 Å². The van der Waals surface area contributed by atoms with Crippen molar-refractivity contribution >= 4 is 15.7 Å². The molecular weight excluding hydrogens is 264 g/mol. The van der Waals surface area contributed by atoms with Crippen LogP contribution in [0.1, 0.15) is 17.9 Å². The van der Waals surface area contributed by atoms with Crippen LogP contribution in [-0.4, -0.2) is 54.9 Å². The Kier molecular flexibility index (Phi) is 4.05. The monoisotopic (exact) mass is 284 g/mol. The van der Waals surface area contributed by atoms with Gasteiger partial charge >= 0.3 is 0 Å². The predicted octanol–water partition coefficient (Wildman–Crippen LogP) is 0.446. The molecule has 1 fully saturated rings. The van der Waals surface area contributed by atoms with E-state index in [0.29, 0.717) is 18.7 Å². The van der Waals surface area contributed by atoms with Gasteiger partial charge in [0.25, 0.3) is 0 Å². The largest absolute Gasteiger partial charge is 0.373 e. The van der Waals surface area contributed by atoms with E-state index in [2.05, 4.69) is 15.3 Å². The number of aromatic nitrogens is 2. The summed E-state index contributed by atoms with van der Waals surface area (Å²) in [5, 5.41) is 3.00. The van der Waals surface area contributed by atoms with Crippen LogP contribution in [0.25, 0.3) is 0 Å². The van der Waals surface area contributed by atoms with Crippen molar-refractivity contribution in [1.29, 1.82) is 0 Å². The molecule has 1 aliphatic rings. The average molecular weight is 284 g/mol. The summed E-state index contributed by atoms with van der Waals surface area (Å²) in [7, 11) is 0.897. The number of hydrogen-bond donors (Lipinski definition) is 1. The topological polar surface area (TPSA) is 75.2 Å². The Bertz CT molecular complexity index is 559. The van der Waals surface area contributed by atoms with Gasteiger partial charge in [-0.2, -0.15) is 0 Å². The van der Waals surface area contributed by atoms with E-state index in [1.165, 1.54) is 0 Å². The van der Waals surface area contributed by atoms with E-state index in [0.717, 1.165) is 17.3 Å². The Balaban J connectivity index is 2.07. The third kappa shape index (κ3) is 3.63. The summed E-state index contributed by atoms with van der Waals surface area (Å²) >= 11 is 0. The normalized spacial score (nSPS) is 21.8. The Labute approximate surface area is 114 Å². The van der Waals surface area contributed by atoms with Crippen molar-refractivity contribution in [2.45, 2.75) is 25.9 Å². The van der Waals surface area contributed by atoms with Gasteiger partial charge in [0.05, 0.1) is 18.1 Å². The first kappa shape index (κ1) is 14.2. The molecule has 1 aliphatic heterocycles. The van der Waals surface area contributed by atoms with Crippen molar-refractivity contribution < 1.29 is 8.42 Å². The summed E-state index contributed by atoms with van der Waals surface area (Å²) < 4.78 is 23.0. The standard InChI is InChI=1S/C12H20N4O2S/c1-9-6-11(13-2)15-12(14-9)7-16(3)10-4-5-19(17,18)8-10/h6,10H,4-5,7-8H2,1-3H3,(H,13,14,15). The molecule has 0 spiro atoms. The van der Waals surface area contributed by atoms with E-state index in [9.17, 15) is 8.42 Å². The van der Waals surface area contributed by atoms with Crippen LogP contribution in [0, 0.1) is 6.92 Å². The van der Waals surface area contributed by atoms with Gasteiger partial charge in [-0.25, -0.2) is 18.4 Å². The molecule has 1 atom stereocenters. The third-order valence-corrected chi connectivity index (χ3v) is 5.13. The number of anilines is 1. The number of rotatable bonds is 4. The van der Waals surface area contributed by atoms with Gasteiger partial charge in [0, 0.05) is 24.8 Å². The average Bonchev–Trinajstić information content (AvgIpc) is 2.69. The zero-order chi connectivity index (χ0) is 14.0. The molecule has 106 valence electrons. The summed E-state index contributed by atoms with van der Waals surface area (Å²) in [6.45, 7) is 2.49. The zero-order valence-electron chi connectivity index (χ0n) is 11.5. The second kappa shape index (κ2) is 5.42. The highest BCUT2D eigenvalue weighted by molar-refractivity contribution is 7.91. The van der Waals surface area contributed by atoms with Crippen molar-refractivity contribution in [2.75, 3.05) is 30.9 Å². The number of nitrogens with zero attached hydrogens (tertiary/aromatic N) is 3. The van der Waals surface area contributed by atoms with Gasteiger partial charge < -0.3 is 5.32 Å². The molecule has 1 N–H and O–H groups in total. The maximum Gasteiger partial charge on any atom is 0.151 e. The van der Waals surface area contributed by atoms with E-state index in [4.69, 9.17) is 0 Å². The van der Waals surface area contributed by atoms with Crippen LogP contribution in [0.2, 0.25) is 0 Å². The highest BCUT2D eigenvalue weighted by Crippen LogP contribution is 2.18.